The van der Waals surface area contributed by atoms with Crippen LogP contribution in [0.3, 0.4) is 0 Å². The molecule has 0 aromatic heterocycles. The first-order chi connectivity index (χ1) is 6.57. The Hall–Kier alpha value is -1.17. The fourth-order valence-electron chi connectivity index (χ4n) is 1.16. The highest BCUT2D eigenvalue weighted by atomic mass is 35.5. The van der Waals surface area contributed by atoms with E-state index < -0.39 is 23.9 Å². The van der Waals surface area contributed by atoms with Crippen molar-refractivity contribution >= 4 is 28.8 Å². The summed E-state index contributed by atoms with van der Waals surface area (Å²) in [5.74, 6) is -1.88. The molecule has 78 valence electrons. The zero-order valence-corrected chi connectivity index (χ0v) is 7.96. The third-order valence-corrected chi connectivity index (χ3v) is 2.08. The van der Waals surface area contributed by atoms with Crippen LogP contribution in [0.2, 0.25) is 0 Å². The molecule has 1 heterocycles. The fraction of sp³-hybridized carbons (Fsp3) is 0.571. The van der Waals surface area contributed by atoms with Crippen LogP contribution in [-0.2, 0) is 9.59 Å². The quantitative estimate of drug-likeness (QED) is 0.375. The van der Waals surface area contributed by atoms with Crippen LogP contribution < -0.4 is 0 Å². The van der Waals surface area contributed by atoms with Crippen molar-refractivity contribution in [2.75, 3.05) is 26.3 Å². The Morgan fingerprint density at radius 1 is 1.36 bits per heavy atom. The minimum absolute atomic E-state index is 0.0207. The van der Waals surface area contributed by atoms with Gasteiger partial charge in [0, 0.05) is 19.6 Å². The standard InChI is InChI=1S/C7H8ClFN2O3/c8-7(14)11-4-3-10(2-1-9)5(12)6(11)13/h1-4H2. The average molecular weight is 223 g/mol. The van der Waals surface area contributed by atoms with Gasteiger partial charge in [-0.2, -0.15) is 0 Å². The number of halogens is 2. The molecule has 14 heavy (non-hydrogen) atoms. The van der Waals surface area contributed by atoms with Gasteiger partial charge < -0.3 is 4.90 Å². The predicted octanol–water partition coefficient (Wildman–Crippen LogP) is -0.0145. The highest BCUT2D eigenvalue weighted by Crippen LogP contribution is 2.07. The molecule has 0 unspecified atom stereocenters. The average Bonchev–Trinajstić information content (AvgIpc) is 2.13. The number of nitrogens with zero attached hydrogens (tertiary/aromatic N) is 2. The van der Waals surface area contributed by atoms with Gasteiger partial charge in [0.25, 0.3) is 0 Å². The molecule has 0 atom stereocenters. The van der Waals surface area contributed by atoms with Crippen LogP contribution in [0.5, 0.6) is 0 Å². The van der Waals surface area contributed by atoms with E-state index in [1.807, 2.05) is 0 Å². The molecule has 1 aliphatic heterocycles. The minimum atomic E-state index is -0.996. The molecular formula is C7H8ClFN2O3. The first-order valence-electron chi connectivity index (χ1n) is 3.94. The van der Waals surface area contributed by atoms with Crippen molar-refractivity contribution < 1.29 is 18.8 Å². The van der Waals surface area contributed by atoms with Crippen molar-refractivity contribution in [3.8, 4) is 0 Å². The second kappa shape index (κ2) is 4.36. The Kier molecular flexibility index (Phi) is 3.40. The van der Waals surface area contributed by atoms with E-state index in [4.69, 9.17) is 11.6 Å². The van der Waals surface area contributed by atoms with Crippen molar-refractivity contribution in [2.45, 2.75) is 0 Å². The van der Waals surface area contributed by atoms with Crippen molar-refractivity contribution in [1.29, 1.82) is 0 Å². The molecule has 0 spiro atoms. The Labute approximate surface area is 84.4 Å². The summed E-state index contributed by atoms with van der Waals surface area (Å²) in [7, 11) is 0. The van der Waals surface area contributed by atoms with E-state index in [9.17, 15) is 18.8 Å². The van der Waals surface area contributed by atoms with Gasteiger partial charge in [-0.15, -0.1) is 0 Å². The molecule has 3 amide bonds. The van der Waals surface area contributed by atoms with Crippen molar-refractivity contribution in [1.82, 2.24) is 9.80 Å². The Morgan fingerprint density at radius 3 is 2.50 bits per heavy atom. The van der Waals surface area contributed by atoms with E-state index >= 15 is 0 Å². The van der Waals surface area contributed by atoms with Gasteiger partial charge in [0.1, 0.15) is 6.67 Å². The number of amides is 3. The highest BCUT2D eigenvalue weighted by Gasteiger charge is 2.34. The van der Waals surface area contributed by atoms with Gasteiger partial charge in [-0.25, -0.2) is 4.39 Å². The fourth-order valence-corrected chi connectivity index (χ4v) is 1.32. The van der Waals surface area contributed by atoms with Gasteiger partial charge >= 0.3 is 17.2 Å². The number of hydrogen-bond acceptors (Lipinski definition) is 3. The summed E-state index contributed by atoms with van der Waals surface area (Å²) in [4.78, 5) is 34.7. The lowest BCUT2D eigenvalue weighted by molar-refractivity contribution is -0.153. The maximum atomic E-state index is 11.9. The smallest absolute Gasteiger partial charge is 0.323 e. The minimum Gasteiger partial charge on any atom is -0.330 e. The maximum Gasteiger partial charge on any atom is 0.323 e. The second-order valence-electron chi connectivity index (χ2n) is 2.69. The summed E-state index contributed by atoms with van der Waals surface area (Å²) in [6.07, 6.45) is 0. The molecule has 0 radical (unpaired) electrons. The molecule has 1 fully saturated rings. The molecule has 1 aliphatic rings. The van der Waals surface area contributed by atoms with Gasteiger partial charge in [0.15, 0.2) is 0 Å². The Balaban J connectivity index is 2.69. The molecule has 5 nitrogen and oxygen atoms in total. The molecule has 0 bridgehead atoms. The summed E-state index contributed by atoms with van der Waals surface area (Å²) in [6, 6.07) is 0. The Morgan fingerprint density at radius 2 is 2.00 bits per heavy atom. The number of hydrogen-bond donors (Lipinski definition) is 0. The van der Waals surface area contributed by atoms with Crippen LogP contribution in [0.15, 0.2) is 0 Å². The summed E-state index contributed by atoms with van der Waals surface area (Å²) in [5, 5.41) is -0.983. The van der Waals surface area contributed by atoms with Crippen LogP contribution in [0, 0.1) is 0 Å². The highest BCUT2D eigenvalue weighted by molar-refractivity contribution is 6.65. The van der Waals surface area contributed by atoms with Gasteiger partial charge in [-0.05, 0) is 11.6 Å². The van der Waals surface area contributed by atoms with Crippen LogP contribution in [-0.4, -0.2) is 53.3 Å². The number of carbonyl (C=O) groups is 3. The second-order valence-corrected chi connectivity index (χ2v) is 3.01. The van der Waals surface area contributed by atoms with E-state index in [1.54, 1.807) is 0 Å². The molecule has 7 heteroatoms. The summed E-state index contributed by atoms with van der Waals surface area (Å²) in [5.41, 5.74) is 0. The van der Waals surface area contributed by atoms with E-state index in [0.29, 0.717) is 4.90 Å². The zero-order valence-electron chi connectivity index (χ0n) is 7.20. The zero-order chi connectivity index (χ0) is 10.7. The number of piperazine rings is 1. The lowest BCUT2D eigenvalue weighted by atomic mass is 10.3. The normalized spacial score (nSPS) is 17.6. The Bertz CT molecular complexity index is 284. The molecule has 1 rings (SSSR count). The summed E-state index contributed by atoms with van der Waals surface area (Å²) >= 11 is 5.06. The molecule has 0 aromatic carbocycles. The molecule has 0 aromatic rings. The molecule has 1 saturated heterocycles. The van der Waals surface area contributed by atoms with Crippen molar-refractivity contribution in [3.63, 3.8) is 0 Å². The monoisotopic (exact) mass is 222 g/mol. The van der Waals surface area contributed by atoms with Crippen LogP contribution >= 0.6 is 11.6 Å². The van der Waals surface area contributed by atoms with Crippen LogP contribution in [0.1, 0.15) is 0 Å². The molecular weight excluding hydrogens is 215 g/mol. The first kappa shape index (κ1) is 10.9. The van der Waals surface area contributed by atoms with Gasteiger partial charge in [0.2, 0.25) is 0 Å². The molecule has 0 N–H and O–H groups in total. The lowest BCUT2D eigenvalue weighted by Gasteiger charge is -2.30. The van der Waals surface area contributed by atoms with Gasteiger partial charge in [0.05, 0.1) is 0 Å². The number of alkyl halides is 1. The predicted molar refractivity (Wildman–Crippen MR) is 45.5 cm³/mol. The van der Waals surface area contributed by atoms with Crippen molar-refractivity contribution in [2.24, 2.45) is 0 Å². The number of carbonyl (C=O) groups excluding carboxylic acids is 3. The lowest BCUT2D eigenvalue weighted by Crippen LogP contribution is -2.55. The van der Waals surface area contributed by atoms with E-state index in [-0.39, 0.29) is 19.6 Å². The third-order valence-electron chi connectivity index (χ3n) is 1.88. The summed E-state index contributed by atoms with van der Waals surface area (Å²) in [6.45, 7) is -0.692. The largest absolute Gasteiger partial charge is 0.330 e. The first-order valence-corrected chi connectivity index (χ1v) is 4.32. The van der Waals surface area contributed by atoms with Gasteiger partial charge in [-0.3, -0.25) is 19.3 Å². The van der Waals surface area contributed by atoms with Crippen molar-refractivity contribution in [3.05, 3.63) is 0 Å². The molecule has 0 aliphatic carbocycles. The van der Waals surface area contributed by atoms with Crippen LogP contribution in [0.4, 0.5) is 9.18 Å². The number of rotatable bonds is 2. The SMILES string of the molecule is O=C1C(=O)N(C(=O)Cl)CCN1CCF. The van der Waals surface area contributed by atoms with Crippen LogP contribution in [0.25, 0.3) is 0 Å². The van der Waals surface area contributed by atoms with E-state index in [0.717, 1.165) is 4.90 Å². The number of imide groups is 1. The van der Waals surface area contributed by atoms with E-state index in [1.165, 1.54) is 0 Å². The maximum absolute atomic E-state index is 11.9. The third kappa shape index (κ3) is 2.01. The van der Waals surface area contributed by atoms with Gasteiger partial charge in [-0.1, -0.05) is 0 Å². The summed E-state index contributed by atoms with van der Waals surface area (Å²) < 4.78 is 11.9. The topological polar surface area (TPSA) is 57.7 Å². The molecule has 0 saturated carbocycles. The van der Waals surface area contributed by atoms with E-state index in [2.05, 4.69) is 0 Å².